The SMILES string of the molecule is Cc1cc(F)c(CC(C)C)cc1F. The zero-order valence-corrected chi connectivity index (χ0v) is 8.20. The Morgan fingerprint density at radius 2 is 1.77 bits per heavy atom. The highest BCUT2D eigenvalue weighted by molar-refractivity contribution is 5.25. The summed E-state index contributed by atoms with van der Waals surface area (Å²) in [7, 11) is 0. The van der Waals surface area contributed by atoms with Gasteiger partial charge in [0.15, 0.2) is 0 Å². The van der Waals surface area contributed by atoms with Crippen molar-refractivity contribution >= 4 is 0 Å². The first-order valence-corrected chi connectivity index (χ1v) is 4.45. The third-order valence-corrected chi connectivity index (χ3v) is 1.96. The normalized spacial score (nSPS) is 10.9. The highest BCUT2D eigenvalue weighted by atomic mass is 19.1. The molecule has 0 radical (unpaired) electrons. The highest BCUT2D eigenvalue weighted by Gasteiger charge is 2.08. The average Bonchev–Trinajstić information content (AvgIpc) is 1.99. The predicted molar refractivity (Wildman–Crippen MR) is 49.6 cm³/mol. The van der Waals surface area contributed by atoms with E-state index in [2.05, 4.69) is 0 Å². The molecule has 2 heteroatoms. The number of halogens is 2. The van der Waals surface area contributed by atoms with Crippen LogP contribution >= 0.6 is 0 Å². The van der Waals surface area contributed by atoms with Crippen molar-refractivity contribution in [2.24, 2.45) is 5.92 Å². The van der Waals surface area contributed by atoms with Crippen molar-refractivity contribution in [2.45, 2.75) is 27.2 Å². The Morgan fingerprint density at radius 3 is 2.31 bits per heavy atom. The van der Waals surface area contributed by atoms with Gasteiger partial charge < -0.3 is 0 Å². The van der Waals surface area contributed by atoms with Gasteiger partial charge in [0, 0.05) is 0 Å². The smallest absolute Gasteiger partial charge is 0.126 e. The lowest BCUT2D eigenvalue weighted by molar-refractivity contribution is 0.554. The molecule has 13 heavy (non-hydrogen) atoms. The molecule has 0 aromatic heterocycles. The van der Waals surface area contributed by atoms with E-state index >= 15 is 0 Å². The number of hydrogen-bond acceptors (Lipinski definition) is 0. The van der Waals surface area contributed by atoms with Crippen LogP contribution in [0.5, 0.6) is 0 Å². The number of benzene rings is 1. The first kappa shape index (κ1) is 10.2. The summed E-state index contributed by atoms with van der Waals surface area (Å²) in [5.41, 5.74) is 0.836. The van der Waals surface area contributed by atoms with Crippen LogP contribution in [0.3, 0.4) is 0 Å². The summed E-state index contributed by atoms with van der Waals surface area (Å²) < 4.78 is 26.3. The third-order valence-electron chi connectivity index (χ3n) is 1.96. The van der Waals surface area contributed by atoms with Crippen molar-refractivity contribution in [1.82, 2.24) is 0 Å². The first-order chi connectivity index (χ1) is 6.00. The lowest BCUT2D eigenvalue weighted by Gasteiger charge is -2.07. The topological polar surface area (TPSA) is 0 Å². The second kappa shape index (κ2) is 3.86. The van der Waals surface area contributed by atoms with Gasteiger partial charge in [-0.3, -0.25) is 0 Å². The molecular weight excluding hydrogens is 170 g/mol. The lowest BCUT2D eigenvalue weighted by Crippen LogP contribution is -1.99. The van der Waals surface area contributed by atoms with E-state index < -0.39 is 0 Å². The standard InChI is InChI=1S/C11H14F2/c1-7(2)4-9-6-10(12)8(3)5-11(9)13/h5-7H,4H2,1-3H3. The molecule has 0 saturated heterocycles. The Kier molecular flexibility index (Phi) is 3.02. The van der Waals surface area contributed by atoms with Gasteiger partial charge in [0.2, 0.25) is 0 Å². The maximum absolute atomic E-state index is 13.2. The van der Waals surface area contributed by atoms with Crippen LogP contribution in [-0.4, -0.2) is 0 Å². The van der Waals surface area contributed by atoms with E-state index in [-0.39, 0.29) is 11.6 Å². The molecule has 1 rings (SSSR count). The second-order valence-electron chi connectivity index (χ2n) is 3.79. The monoisotopic (exact) mass is 184 g/mol. The summed E-state index contributed by atoms with van der Waals surface area (Å²) >= 11 is 0. The number of hydrogen-bond donors (Lipinski definition) is 0. The molecule has 72 valence electrons. The van der Waals surface area contributed by atoms with E-state index in [1.165, 1.54) is 12.1 Å². The molecule has 0 aliphatic carbocycles. The molecule has 0 spiro atoms. The van der Waals surface area contributed by atoms with Crippen molar-refractivity contribution < 1.29 is 8.78 Å². The predicted octanol–water partition coefficient (Wildman–Crippen LogP) is 3.47. The van der Waals surface area contributed by atoms with Crippen LogP contribution in [0.4, 0.5) is 8.78 Å². The molecule has 0 aliphatic rings. The van der Waals surface area contributed by atoms with Gasteiger partial charge in [0.25, 0.3) is 0 Å². The molecule has 0 fully saturated rings. The van der Waals surface area contributed by atoms with Crippen LogP contribution in [0.25, 0.3) is 0 Å². The minimum Gasteiger partial charge on any atom is -0.207 e. The van der Waals surface area contributed by atoms with Gasteiger partial charge in [-0.15, -0.1) is 0 Å². The van der Waals surface area contributed by atoms with Crippen LogP contribution in [0.1, 0.15) is 25.0 Å². The largest absolute Gasteiger partial charge is 0.207 e. The summed E-state index contributed by atoms with van der Waals surface area (Å²) in [4.78, 5) is 0. The van der Waals surface area contributed by atoms with Crippen LogP contribution in [0.2, 0.25) is 0 Å². The zero-order valence-electron chi connectivity index (χ0n) is 8.20. The van der Waals surface area contributed by atoms with E-state index in [1.807, 2.05) is 13.8 Å². The summed E-state index contributed by atoms with van der Waals surface area (Å²) in [6, 6.07) is 2.55. The molecule has 0 N–H and O–H groups in total. The van der Waals surface area contributed by atoms with Gasteiger partial charge in [-0.25, -0.2) is 8.78 Å². The van der Waals surface area contributed by atoms with Crippen molar-refractivity contribution in [3.05, 3.63) is 34.9 Å². The minimum absolute atomic E-state index is 0.299. The maximum Gasteiger partial charge on any atom is 0.126 e. The molecule has 0 atom stereocenters. The fourth-order valence-corrected chi connectivity index (χ4v) is 1.28. The first-order valence-electron chi connectivity index (χ1n) is 4.45. The van der Waals surface area contributed by atoms with Crippen LogP contribution in [0, 0.1) is 24.5 Å². The fourth-order valence-electron chi connectivity index (χ4n) is 1.28. The second-order valence-corrected chi connectivity index (χ2v) is 3.79. The zero-order chi connectivity index (χ0) is 10.0. The number of aryl methyl sites for hydroxylation is 1. The molecule has 1 aromatic carbocycles. The molecule has 0 aliphatic heterocycles. The Balaban J connectivity index is 3.01. The van der Waals surface area contributed by atoms with E-state index in [9.17, 15) is 8.78 Å². The van der Waals surface area contributed by atoms with Crippen molar-refractivity contribution in [1.29, 1.82) is 0 Å². The Bertz CT molecular complexity index is 303. The Morgan fingerprint density at radius 1 is 1.15 bits per heavy atom. The van der Waals surface area contributed by atoms with E-state index in [4.69, 9.17) is 0 Å². The third kappa shape index (κ3) is 2.51. The molecule has 0 heterocycles. The number of rotatable bonds is 2. The van der Waals surface area contributed by atoms with E-state index in [0.29, 0.717) is 23.5 Å². The summed E-state index contributed by atoms with van der Waals surface area (Å²) in [6.07, 6.45) is 0.586. The Hall–Kier alpha value is -0.920. The van der Waals surface area contributed by atoms with Gasteiger partial charge in [0.1, 0.15) is 11.6 Å². The molecule has 0 amide bonds. The summed E-state index contributed by atoms with van der Waals surface area (Å²) in [6.45, 7) is 5.53. The van der Waals surface area contributed by atoms with E-state index in [0.717, 1.165) is 0 Å². The van der Waals surface area contributed by atoms with Crippen LogP contribution < -0.4 is 0 Å². The van der Waals surface area contributed by atoms with Gasteiger partial charge in [-0.1, -0.05) is 13.8 Å². The summed E-state index contributed by atoms with van der Waals surface area (Å²) in [5, 5.41) is 0. The highest BCUT2D eigenvalue weighted by Crippen LogP contribution is 2.17. The summed E-state index contributed by atoms with van der Waals surface area (Å²) in [5.74, 6) is -0.277. The molecule has 0 unspecified atom stereocenters. The molecular formula is C11H14F2. The Labute approximate surface area is 77.6 Å². The molecule has 1 aromatic rings. The van der Waals surface area contributed by atoms with Crippen LogP contribution in [0.15, 0.2) is 12.1 Å². The quantitative estimate of drug-likeness (QED) is 0.660. The lowest BCUT2D eigenvalue weighted by atomic mass is 10.0. The van der Waals surface area contributed by atoms with Crippen LogP contribution in [-0.2, 0) is 6.42 Å². The van der Waals surface area contributed by atoms with E-state index in [1.54, 1.807) is 6.92 Å². The van der Waals surface area contributed by atoms with Gasteiger partial charge in [-0.05, 0) is 42.5 Å². The fraction of sp³-hybridized carbons (Fsp3) is 0.455. The van der Waals surface area contributed by atoms with Gasteiger partial charge in [0.05, 0.1) is 0 Å². The average molecular weight is 184 g/mol. The van der Waals surface area contributed by atoms with Crippen molar-refractivity contribution in [2.75, 3.05) is 0 Å². The van der Waals surface area contributed by atoms with Crippen molar-refractivity contribution in [3.63, 3.8) is 0 Å². The van der Waals surface area contributed by atoms with Crippen molar-refractivity contribution in [3.8, 4) is 0 Å². The minimum atomic E-state index is -0.322. The maximum atomic E-state index is 13.2. The van der Waals surface area contributed by atoms with Gasteiger partial charge in [-0.2, -0.15) is 0 Å². The van der Waals surface area contributed by atoms with Gasteiger partial charge >= 0.3 is 0 Å². The molecule has 0 saturated carbocycles. The molecule has 0 bridgehead atoms. The molecule has 0 nitrogen and oxygen atoms in total.